The molecular weight excluding hydrogens is 594 g/mol. The van der Waals surface area contributed by atoms with Crippen molar-refractivity contribution < 1.29 is 53.4 Å². The molecule has 4 rings (SSSR count). The van der Waals surface area contributed by atoms with Gasteiger partial charge in [0.15, 0.2) is 17.5 Å². The maximum atomic E-state index is 15.0. The first-order valence-corrected chi connectivity index (χ1v) is 12.6. The molecule has 0 spiro atoms. The number of ether oxygens (including phenoxy) is 2. The first-order valence-electron chi connectivity index (χ1n) is 12.6. The number of hydrogen-bond acceptors (Lipinski definition) is 2. The van der Waals surface area contributed by atoms with Gasteiger partial charge in [-0.1, -0.05) is 43.7 Å². The van der Waals surface area contributed by atoms with Crippen LogP contribution in [0.5, 0.6) is 5.75 Å². The van der Waals surface area contributed by atoms with Gasteiger partial charge >= 0.3 is 12.1 Å². The van der Waals surface area contributed by atoms with Gasteiger partial charge in [-0.3, -0.25) is 0 Å². The van der Waals surface area contributed by atoms with E-state index in [0.717, 1.165) is 30.3 Å². The Kier molecular flexibility index (Phi) is 9.37. The van der Waals surface area contributed by atoms with Crippen LogP contribution in [0.1, 0.15) is 30.9 Å². The van der Waals surface area contributed by atoms with Crippen LogP contribution in [0.15, 0.2) is 72.7 Å². The van der Waals surface area contributed by atoms with E-state index in [4.69, 9.17) is 0 Å². The third-order valence-corrected chi connectivity index (χ3v) is 6.20. The third kappa shape index (κ3) is 6.95. The van der Waals surface area contributed by atoms with Crippen molar-refractivity contribution in [3.8, 4) is 28.0 Å². The molecular formula is C31H20F10O2. The highest BCUT2D eigenvalue weighted by molar-refractivity contribution is 5.73. The van der Waals surface area contributed by atoms with Gasteiger partial charge in [0.25, 0.3) is 0 Å². The van der Waals surface area contributed by atoms with E-state index in [1.54, 1.807) is 0 Å². The van der Waals surface area contributed by atoms with Crippen molar-refractivity contribution in [2.45, 2.75) is 25.9 Å². The Hall–Kier alpha value is -4.48. The molecule has 0 N–H and O–H groups in total. The number of halogens is 10. The van der Waals surface area contributed by atoms with E-state index in [9.17, 15) is 39.5 Å². The van der Waals surface area contributed by atoms with Gasteiger partial charge in [0, 0.05) is 28.8 Å². The lowest BCUT2D eigenvalue weighted by Crippen LogP contribution is -2.23. The molecule has 2 nitrogen and oxygen atoms in total. The monoisotopic (exact) mass is 614 g/mol. The highest BCUT2D eigenvalue weighted by Crippen LogP contribution is 2.37. The zero-order valence-electron chi connectivity index (χ0n) is 22.1. The zero-order chi connectivity index (χ0) is 31.5. The summed E-state index contributed by atoms with van der Waals surface area (Å²) in [6.45, 7) is 1.76. The van der Waals surface area contributed by atoms with Crippen LogP contribution < -0.4 is 4.74 Å². The number of benzene rings is 4. The Morgan fingerprint density at radius 3 is 1.79 bits per heavy atom. The first-order chi connectivity index (χ1) is 20.3. The van der Waals surface area contributed by atoms with Crippen LogP contribution in [0.25, 0.3) is 28.1 Å². The molecule has 226 valence electrons. The molecule has 0 aliphatic rings. The van der Waals surface area contributed by atoms with Gasteiger partial charge in [-0.2, -0.15) is 17.6 Å². The van der Waals surface area contributed by atoms with Crippen LogP contribution in [0, 0.1) is 34.9 Å². The van der Waals surface area contributed by atoms with E-state index in [-0.39, 0.29) is 41.0 Å². The van der Waals surface area contributed by atoms with Gasteiger partial charge in [-0.15, -0.1) is 0 Å². The van der Waals surface area contributed by atoms with Gasteiger partial charge in [0.05, 0.1) is 12.2 Å². The minimum atomic E-state index is -4.47. The molecule has 0 aliphatic heterocycles. The summed E-state index contributed by atoms with van der Waals surface area (Å²) >= 11 is 0. The second-order valence-electron chi connectivity index (χ2n) is 9.19. The molecule has 0 saturated carbocycles. The number of rotatable bonds is 10. The molecule has 0 bridgehead atoms. The molecule has 0 radical (unpaired) electrons. The number of unbranched alkanes of at least 4 members (excludes halogenated alkanes) is 1. The van der Waals surface area contributed by atoms with Gasteiger partial charge in [-0.25, -0.2) is 26.3 Å². The van der Waals surface area contributed by atoms with Crippen molar-refractivity contribution >= 4 is 5.83 Å². The average Bonchev–Trinajstić information content (AvgIpc) is 2.95. The molecule has 0 amide bonds. The fourth-order valence-corrected chi connectivity index (χ4v) is 4.00. The van der Waals surface area contributed by atoms with Crippen LogP contribution in [0.3, 0.4) is 0 Å². The molecule has 4 aromatic carbocycles. The SMILES string of the molecule is CCCCOC(F)=C(F)c1ccc(-c2ccc(-c3ccc(C(F)(F)Oc4cc(F)c(F)c(F)c4)c(F)c3)c(F)c2)c(F)c1. The molecule has 4 aromatic rings. The molecule has 0 saturated heterocycles. The van der Waals surface area contributed by atoms with Gasteiger partial charge in [0.2, 0.25) is 5.83 Å². The second kappa shape index (κ2) is 12.8. The van der Waals surface area contributed by atoms with E-state index in [1.807, 2.05) is 6.92 Å². The highest BCUT2D eigenvalue weighted by atomic mass is 19.3. The fraction of sp³-hybridized carbons (Fsp3) is 0.161. The lowest BCUT2D eigenvalue weighted by atomic mass is 9.97. The Labute approximate surface area is 238 Å². The number of alkyl halides is 2. The van der Waals surface area contributed by atoms with E-state index < -0.39 is 69.7 Å². The largest absolute Gasteiger partial charge is 0.469 e. The minimum absolute atomic E-state index is 0.0230. The van der Waals surface area contributed by atoms with Gasteiger partial charge in [-0.05, 0) is 41.8 Å². The van der Waals surface area contributed by atoms with E-state index >= 15 is 4.39 Å². The van der Waals surface area contributed by atoms with E-state index in [0.29, 0.717) is 31.0 Å². The molecule has 0 aromatic heterocycles. The van der Waals surface area contributed by atoms with Gasteiger partial charge < -0.3 is 9.47 Å². The van der Waals surface area contributed by atoms with Crippen LogP contribution in [0.2, 0.25) is 0 Å². The van der Waals surface area contributed by atoms with Crippen LogP contribution in [-0.2, 0) is 10.8 Å². The van der Waals surface area contributed by atoms with Crippen molar-refractivity contribution in [3.63, 3.8) is 0 Å². The van der Waals surface area contributed by atoms with Crippen molar-refractivity contribution in [1.29, 1.82) is 0 Å². The maximum absolute atomic E-state index is 15.0. The fourth-order valence-electron chi connectivity index (χ4n) is 4.00. The number of hydrogen-bond donors (Lipinski definition) is 0. The standard InChI is InChI=1S/C31H20F10O2/c1-2-3-10-42-30(39)28(37)18-5-8-21(24(33)13-18)16-4-7-20(23(32)11-16)17-6-9-22(25(34)12-17)31(40,41)43-19-14-26(35)29(38)27(36)15-19/h4-9,11-15H,2-3,10H2,1H3. The molecule has 12 heteroatoms. The summed E-state index contributed by atoms with van der Waals surface area (Å²) in [6.07, 6.45) is -3.30. The topological polar surface area (TPSA) is 18.5 Å². The van der Waals surface area contributed by atoms with Crippen LogP contribution in [-0.4, -0.2) is 6.61 Å². The summed E-state index contributed by atoms with van der Waals surface area (Å²) in [6, 6.07) is 6.91. The summed E-state index contributed by atoms with van der Waals surface area (Å²) in [5.41, 5.74) is -2.49. The summed E-state index contributed by atoms with van der Waals surface area (Å²) in [5.74, 6) is -11.6. The zero-order valence-corrected chi connectivity index (χ0v) is 22.1. The Balaban J connectivity index is 1.57. The smallest absolute Gasteiger partial charge is 0.429 e. The average molecular weight is 614 g/mol. The summed E-state index contributed by atoms with van der Waals surface area (Å²) in [7, 11) is 0. The predicted octanol–water partition coefficient (Wildman–Crippen LogP) is 10.4. The predicted molar refractivity (Wildman–Crippen MR) is 138 cm³/mol. The lowest BCUT2D eigenvalue weighted by molar-refractivity contribution is -0.187. The van der Waals surface area contributed by atoms with Crippen LogP contribution >= 0.6 is 0 Å². The summed E-state index contributed by atoms with van der Waals surface area (Å²) in [5, 5.41) is 0. The molecule has 0 fully saturated rings. The molecule has 0 atom stereocenters. The Bertz CT molecular complexity index is 1660. The molecule has 0 aliphatic carbocycles. The maximum Gasteiger partial charge on any atom is 0.429 e. The molecule has 0 unspecified atom stereocenters. The van der Waals surface area contributed by atoms with Gasteiger partial charge in [0.1, 0.15) is 23.2 Å². The Morgan fingerprint density at radius 2 is 1.23 bits per heavy atom. The first kappa shape index (κ1) is 31.5. The highest BCUT2D eigenvalue weighted by Gasteiger charge is 2.38. The summed E-state index contributed by atoms with van der Waals surface area (Å²) < 4.78 is 151. The van der Waals surface area contributed by atoms with Crippen molar-refractivity contribution in [2.75, 3.05) is 6.61 Å². The molecule has 0 heterocycles. The lowest BCUT2D eigenvalue weighted by Gasteiger charge is -2.19. The van der Waals surface area contributed by atoms with Crippen molar-refractivity contribution in [2.24, 2.45) is 0 Å². The normalized spacial score (nSPS) is 12.3. The van der Waals surface area contributed by atoms with E-state index in [1.165, 1.54) is 6.07 Å². The Morgan fingerprint density at radius 1 is 0.674 bits per heavy atom. The third-order valence-electron chi connectivity index (χ3n) is 6.20. The van der Waals surface area contributed by atoms with E-state index in [2.05, 4.69) is 9.47 Å². The molecule has 43 heavy (non-hydrogen) atoms. The van der Waals surface area contributed by atoms with Crippen LogP contribution in [0.4, 0.5) is 43.9 Å². The second-order valence-corrected chi connectivity index (χ2v) is 9.19. The minimum Gasteiger partial charge on any atom is -0.469 e. The van der Waals surface area contributed by atoms with Crippen molar-refractivity contribution in [3.05, 3.63) is 119 Å². The summed E-state index contributed by atoms with van der Waals surface area (Å²) in [4.78, 5) is 0. The quantitative estimate of drug-likeness (QED) is 0.0766. The van der Waals surface area contributed by atoms with Crippen molar-refractivity contribution in [1.82, 2.24) is 0 Å².